The Morgan fingerprint density at radius 2 is 1.54 bits per heavy atom. The van der Waals surface area contributed by atoms with Gasteiger partial charge in [-0.25, -0.2) is 0 Å². The Balaban J connectivity index is 1.55. The van der Waals surface area contributed by atoms with Gasteiger partial charge in [-0.3, -0.25) is 9.58 Å². The summed E-state index contributed by atoms with van der Waals surface area (Å²) < 4.78 is 1.98. The zero-order valence-electron chi connectivity index (χ0n) is 13.5. The maximum atomic E-state index is 9.20. The molecular formula is C20H21N3O. The Morgan fingerprint density at radius 3 is 2.04 bits per heavy atom. The van der Waals surface area contributed by atoms with Gasteiger partial charge in [0.2, 0.25) is 0 Å². The van der Waals surface area contributed by atoms with Crippen LogP contribution in [0.2, 0.25) is 0 Å². The predicted octanol–water partition coefficient (Wildman–Crippen LogP) is 3.02. The van der Waals surface area contributed by atoms with Gasteiger partial charge in [-0.05, 0) is 11.1 Å². The molecular weight excluding hydrogens is 298 g/mol. The number of aromatic nitrogens is 2. The normalized spacial score (nSPS) is 15.6. The second kappa shape index (κ2) is 6.59. The van der Waals surface area contributed by atoms with Crippen molar-refractivity contribution in [2.45, 2.75) is 18.7 Å². The third-order valence-corrected chi connectivity index (χ3v) is 4.70. The Labute approximate surface area is 142 Å². The molecule has 2 aromatic carbocycles. The molecule has 4 nitrogen and oxygen atoms in total. The summed E-state index contributed by atoms with van der Waals surface area (Å²) in [5.74, 6) is 0. The highest BCUT2D eigenvalue weighted by Gasteiger charge is 2.35. The van der Waals surface area contributed by atoms with E-state index in [1.807, 2.05) is 10.9 Å². The first-order valence-electron chi connectivity index (χ1n) is 8.33. The topological polar surface area (TPSA) is 41.3 Å². The molecule has 1 aliphatic heterocycles. The predicted molar refractivity (Wildman–Crippen MR) is 93.5 cm³/mol. The van der Waals surface area contributed by atoms with Crippen LogP contribution < -0.4 is 0 Å². The van der Waals surface area contributed by atoms with Gasteiger partial charge in [-0.2, -0.15) is 5.10 Å². The van der Waals surface area contributed by atoms with Crippen LogP contribution in [0.4, 0.5) is 0 Å². The molecule has 24 heavy (non-hydrogen) atoms. The van der Waals surface area contributed by atoms with Gasteiger partial charge < -0.3 is 5.11 Å². The number of benzene rings is 2. The first-order chi connectivity index (χ1) is 11.8. The van der Waals surface area contributed by atoms with Crippen molar-refractivity contribution in [1.29, 1.82) is 0 Å². The second-order valence-electron chi connectivity index (χ2n) is 6.32. The molecule has 0 spiro atoms. The maximum Gasteiger partial charge on any atom is 0.0773 e. The summed E-state index contributed by atoms with van der Waals surface area (Å²) in [4.78, 5) is 2.48. The lowest BCUT2D eigenvalue weighted by molar-refractivity contribution is 0.0681. The van der Waals surface area contributed by atoms with Crippen molar-refractivity contribution in [3.8, 4) is 0 Å². The van der Waals surface area contributed by atoms with Gasteiger partial charge in [0.25, 0.3) is 0 Å². The average molecular weight is 319 g/mol. The van der Waals surface area contributed by atoms with E-state index in [4.69, 9.17) is 0 Å². The van der Waals surface area contributed by atoms with E-state index in [1.54, 1.807) is 6.20 Å². The Hall–Kier alpha value is -2.43. The summed E-state index contributed by atoms with van der Waals surface area (Å²) in [6.07, 6.45) is 3.69. The Bertz CT molecular complexity index is 739. The van der Waals surface area contributed by atoms with Crippen molar-refractivity contribution in [2.75, 3.05) is 13.1 Å². The lowest BCUT2D eigenvalue weighted by atomic mass is 9.93. The van der Waals surface area contributed by atoms with E-state index in [1.165, 1.54) is 11.1 Å². The van der Waals surface area contributed by atoms with Gasteiger partial charge >= 0.3 is 0 Å². The van der Waals surface area contributed by atoms with E-state index in [-0.39, 0.29) is 12.6 Å². The first kappa shape index (κ1) is 15.1. The van der Waals surface area contributed by atoms with Crippen molar-refractivity contribution in [2.24, 2.45) is 0 Å². The molecule has 1 saturated heterocycles. The van der Waals surface area contributed by atoms with Crippen LogP contribution in [-0.4, -0.2) is 32.9 Å². The largest absolute Gasteiger partial charge is 0.392 e. The molecule has 122 valence electrons. The third kappa shape index (κ3) is 2.86. The van der Waals surface area contributed by atoms with E-state index >= 15 is 0 Å². The quantitative estimate of drug-likeness (QED) is 0.786. The van der Waals surface area contributed by atoms with Gasteiger partial charge in [0.1, 0.15) is 0 Å². The smallest absolute Gasteiger partial charge is 0.0773 e. The van der Waals surface area contributed by atoms with Crippen LogP contribution in [0.3, 0.4) is 0 Å². The minimum Gasteiger partial charge on any atom is -0.392 e. The summed E-state index contributed by atoms with van der Waals surface area (Å²) >= 11 is 0. The highest BCUT2D eigenvalue weighted by molar-refractivity contribution is 5.32. The van der Waals surface area contributed by atoms with Crippen molar-refractivity contribution >= 4 is 0 Å². The van der Waals surface area contributed by atoms with Gasteiger partial charge in [0.15, 0.2) is 0 Å². The van der Waals surface area contributed by atoms with Crippen molar-refractivity contribution < 1.29 is 5.11 Å². The van der Waals surface area contributed by atoms with E-state index < -0.39 is 0 Å². The zero-order valence-corrected chi connectivity index (χ0v) is 13.5. The lowest BCUT2D eigenvalue weighted by Crippen LogP contribution is -2.49. The van der Waals surface area contributed by atoms with Crippen LogP contribution >= 0.6 is 0 Å². The van der Waals surface area contributed by atoms with Crippen LogP contribution in [0.25, 0.3) is 0 Å². The highest BCUT2D eigenvalue weighted by Crippen LogP contribution is 2.35. The Morgan fingerprint density at radius 1 is 0.958 bits per heavy atom. The molecule has 3 aromatic rings. The van der Waals surface area contributed by atoms with E-state index in [0.29, 0.717) is 6.04 Å². The van der Waals surface area contributed by atoms with Gasteiger partial charge in [0, 0.05) is 24.8 Å². The molecule has 1 aromatic heterocycles. The number of likely N-dealkylation sites (tertiary alicyclic amines) is 1. The summed E-state index contributed by atoms with van der Waals surface area (Å²) in [5.41, 5.74) is 3.51. The van der Waals surface area contributed by atoms with Crippen LogP contribution in [-0.2, 0) is 6.61 Å². The standard InChI is InChI=1S/C20H21N3O/c24-15-16-11-21-23(12-16)19-13-22(14-19)20(17-7-3-1-4-8-17)18-9-5-2-6-10-18/h1-12,19-20,24H,13-15H2. The zero-order chi connectivity index (χ0) is 16.4. The molecule has 0 amide bonds. The fourth-order valence-corrected chi connectivity index (χ4v) is 3.41. The van der Waals surface area contributed by atoms with Crippen molar-refractivity contribution in [3.63, 3.8) is 0 Å². The number of hydrogen-bond acceptors (Lipinski definition) is 3. The fraction of sp³-hybridized carbons (Fsp3) is 0.250. The molecule has 1 aliphatic rings. The average Bonchev–Trinajstić information content (AvgIpc) is 3.07. The molecule has 4 heteroatoms. The molecule has 0 unspecified atom stereocenters. The molecule has 0 radical (unpaired) electrons. The van der Waals surface area contributed by atoms with Crippen molar-refractivity contribution in [3.05, 3.63) is 89.7 Å². The summed E-state index contributed by atoms with van der Waals surface area (Å²) in [6.45, 7) is 1.97. The molecule has 0 bridgehead atoms. The molecule has 4 rings (SSSR count). The number of nitrogens with zero attached hydrogens (tertiary/aromatic N) is 3. The molecule has 0 aliphatic carbocycles. The first-order valence-corrected chi connectivity index (χ1v) is 8.33. The van der Waals surface area contributed by atoms with E-state index in [2.05, 4.69) is 70.7 Å². The number of aliphatic hydroxyl groups is 1. The van der Waals surface area contributed by atoms with Crippen LogP contribution in [0, 0.1) is 0 Å². The molecule has 1 N–H and O–H groups in total. The SMILES string of the molecule is OCc1cnn(C2CN(C(c3ccccc3)c3ccccc3)C2)c1. The second-order valence-corrected chi connectivity index (χ2v) is 6.32. The number of hydrogen-bond donors (Lipinski definition) is 1. The summed E-state index contributed by atoms with van der Waals surface area (Å²) in [6, 6.07) is 22.0. The molecule has 0 saturated carbocycles. The van der Waals surface area contributed by atoms with Crippen molar-refractivity contribution in [1.82, 2.24) is 14.7 Å². The number of rotatable bonds is 5. The monoisotopic (exact) mass is 319 g/mol. The van der Waals surface area contributed by atoms with Gasteiger partial charge in [-0.15, -0.1) is 0 Å². The summed E-state index contributed by atoms with van der Waals surface area (Å²) in [7, 11) is 0. The number of aliphatic hydroxyl groups excluding tert-OH is 1. The lowest BCUT2D eigenvalue weighted by Gasteiger charge is -2.44. The van der Waals surface area contributed by atoms with Gasteiger partial charge in [0.05, 0.1) is 24.9 Å². The molecule has 1 fully saturated rings. The minimum atomic E-state index is 0.0487. The van der Waals surface area contributed by atoms with Crippen LogP contribution in [0.5, 0.6) is 0 Å². The van der Waals surface area contributed by atoms with Crippen LogP contribution in [0.1, 0.15) is 28.8 Å². The van der Waals surface area contributed by atoms with Gasteiger partial charge in [-0.1, -0.05) is 60.7 Å². The highest BCUT2D eigenvalue weighted by atomic mass is 16.3. The van der Waals surface area contributed by atoms with E-state index in [0.717, 1.165) is 18.7 Å². The third-order valence-electron chi connectivity index (χ3n) is 4.70. The van der Waals surface area contributed by atoms with E-state index in [9.17, 15) is 5.11 Å². The molecule has 2 heterocycles. The summed E-state index contributed by atoms with van der Waals surface area (Å²) in [5, 5.41) is 13.6. The molecule has 0 atom stereocenters. The van der Waals surface area contributed by atoms with Crippen LogP contribution in [0.15, 0.2) is 73.1 Å². The maximum absolute atomic E-state index is 9.20. The Kier molecular flexibility index (Phi) is 4.15. The fourth-order valence-electron chi connectivity index (χ4n) is 3.41. The minimum absolute atomic E-state index is 0.0487.